The number of rotatable bonds is 1. The van der Waals surface area contributed by atoms with Gasteiger partial charge in [0.15, 0.2) is 0 Å². The fraction of sp³-hybridized carbons (Fsp3) is 0.267. The third kappa shape index (κ3) is 2.39. The van der Waals surface area contributed by atoms with Crippen LogP contribution in [0.15, 0.2) is 42.5 Å². The minimum absolute atomic E-state index is 0.0655. The summed E-state index contributed by atoms with van der Waals surface area (Å²) in [6.45, 7) is 1.37. The summed E-state index contributed by atoms with van der Waals surface area (Å²) in [7, 11) is 0. The summed E-state index contributed by atoms with van der Waals surface area (Å²) in [5.41, 5.74) is 6.68. The Labute approximate surface area is 112 Å². The van der Waals surface area contributed by atoms with E-state index >= 15 is 0 Å². The number of nitrogens with zero attached hydrogens (tertiary/aromatic N) is 1. The Morgan fingerprint density at radius 2 is 2.00 bits per heavy atom. The van der Waals surface area contributed by atoms with Crippen LogP contribution in [-0.2, 0) is 0 Å². The Kier molecular flexibility index (Phi) is 3.09. The number of nitrogens with one attached hydrogen (secondary N) is 1. The lowest BCUT2D eigenvalue weighted by Crippen LogP contribution is -2.35. The van der Waals surface area contributed by atoms with Crippen molar-refractivity contribution in [1.29, 1.82) is 0 Å². The van der Waals surface area contributed by atoms with Crippen molar-refractivity contribution in [2.45, 2.75) is 12.5 Å². The number of fused-ring (bicyclic) bond motifs is 1. The Morgan fingerprint density at radius 3 is 2.79 bits per heavy atom. The van der Waals surface area contributed by atoms with Crippen molar-refractivity contribution >= 4 is 22.5 Å². The Balaban J connectivity index is 1.83. The molecule has 0 radical (unpaired) electrons. The zero-order valence-electron chi connectivity index (χ0n) is 10.7. The van der Waals surface area contributed by atoms with E-state index in [0.717, 1.165) is 29.4 Å². The fourth-order valence-corrected chi connectivity index (χ4v) is 2.50. The molecular weight excluding hydrogens is 238 g/mol. The molecule has 1 aliphatic rings. The molecule has 2 aromatic carbocycles. The van der Waals surface area contributed by atoms with Gasteiger partial charge in [-0.25, -0.2) is 4.79 Å². The number of carbonyl (C=O) groups excluding carboxylic acids is 1. The standard InChI is InChI=1S/C15H17N3O/c16-12-8-9-18(10-12)15(19)17-14-7-3-5-11-4-1-2-6-13(11)14/h1-7,12H,8-10,16H2,(H,17,19). The van der Waals surface area contributed by atoms with Gasteiger partial charge in [0.2, 0.25) is 0 Å². The highest BCUT2D eigenvalue weighted by Gasteiger charge is 2.23. The average molecular weight is 255 g/mol. The fourth-order valence-electron chi connectivity index (χ4n) is 2.50. The molecule has 1 aliphatic heterocycles. The second kappa shape index (κ2) is 4.90. The largest absolute Gasteiger partial charge is 0.326 e. The topological polar surface area (TPSA) is 58.4 Å². The van der Waals surface area contributed by atoms with Crippen LogP contribution in [0.5, 0.6) is 0 Å². The van der Waals surface area contributed by atoms with E-state index in [1.165, 1.54) is 0 Å². The van der Waals surface area contributed by atoms with Crippen LogP contribution in [0, 0.1) is 0 Å². The number of anilines is 1. The van der Waals surface area contributed by atoms with Crippen LogP contribution in [0.25, 0.3) is 10.8 Å². The van der Waals surface area contributed by atoms with Crippen LogP contribution < -0.4 is 11.1 Å². The van der Waals surface area contributed by atoms with Crippen molar-refractivity contribution in [3.8, 4) is 0 Å². The zero-order chi connectivity index (χ0) is 13.2. The highest BCUT2D eigenvalue weighted by atomic mass is 16.2. The summed E-state index contributed by atoms with van der Waals surface area (Å²) in [4.78, 5) is 13.9. The molecule has 19 heavy (non-hydrogen) atoms. The number of benzene rings is 2. The minimum atomic E-state index is -0.0655. The molecule has 1 atom stereocenters. The molecule has 98 valence electrons. The van der Waals surface area contributed by atoms with Crippen molar-refractivity contribution in [2.75, 3.05) is 18.4 Å². The van der Waals surface area contributed by atoms with Crippen molar-refractivity contribution in [2.24, 2.45) is 5.73 Å². The molecule has 2 aromatic rings. The minimum Gasteiger partial charge on any atom is -0.326 e. The summed E-state index contributed by atoms with van der Waals surface area (Å²) < 4.78 is 0. The highest BCUT2D eigenvalue weighted by Crippen LogP contribution is 2.23. The number of hydrogen-bond acceptors (Lipinski definition) is 2. The van der Waals surface area contributed by atoms with Gasteiger partial charge in [0, 0.05) is 24.5 Å². The van der Waals surface area contributed by atoms with Gasteiger partial charge in [0.05, 0.1) is 5.69 Å². The quantitative estimate of drug-likeness (QED) is 0.822. The van der Waals surface area contributed by atoms with Gasteiger partial charge < -0.3 is 16.0 Å². The molecule has 0 saturated carbocycles. The summed E-state index contributed by atoms with van der Waals surface area (Å²) >= 11 is 0. The molecule has 0 bridgehead atoms. The molecule has 4 nitrogen and oxygen atoms in total. The first kappa shape index (κ1) is 12.0. The van der Waals surface area contributed by atoms with Gasteiger partial charge in [-0.05, 0) is 17.9 Å². The van der Waals surface area contributed by atoms with E-state index in [1.807, 2.05) is 42.5 Å². The van der Waals surface area contributed by atoms with Crippen LogP contribution in [0.4, 0.5) is 10.5 Å². The van der Waals surface area contributed by atoms with E-state index in [2.05, 4.69) is 5.32 Å². The van der Waals surface area contributed by atoms with Gasteiger partial charge in [-0.15, -0.1) is 0 Å². The monoisotopic (exact) mass is 255 g/mol. The van der Waals surface area contributed by atoms with Crippen LogP contribution in [0.1, 0.15) is 6.42 Å². The SMILES string of the molecule is NC1CCN(C(=O)Nc2cccc3ccccc23)C1. The predicted molar refractivity (Wildman–Crippen MR) is 77.1 cm³/mol. The lowest BCUT2D eigenvalue weighted by Gasteiger charge is -2.17. The number of hydrogen-bond donors (Lipinski definition) is 2. The summed E-state index contributed by atoms with van der Waals surface area (Å²) in [5, 5.41) is 5.16. The highest BCUT2D eigenvalue weighted by molar-refractivity contribution is 6.01. The van der Waals surface area contributed by atoms with Gasteiger partial charge in [0.1, 0.15) is 0 Å². The maximum absolute atomic E-state index is 12.2. The van der Waals surface area contributed by atoms with Gasteiger partial charge in [-0.1, -0.05) is 36.4 Å². The van der Waals surface area contributed by atoms with E-state index in [1.54, 1.807) is 4.90 Å². The van der Waals surface area contributed by atoms with Crippen LogP contribution >= 0.6 is 0 Å². The lowest BCUT2D eigenvalue weighted by atomic mass is 10.1. The maximum Gasteiger partial charge on any atom is 0.321 e. The van der Waals surface area contributed by atoms with Crippen molar-refractivity contribution in [1.82, 2.24) is 4.90 Å². The first-order chi connectivity index (χ1) is 9.24. The van der Waals surface area contributed by atoms with E-state index in [4.69, 9.17) is 5.73 Å². The molecule has 1 heterocycles. The first-order valence-electron chi connectivity index (χ1n) is 6.53. The Morgan fingerprint density at radius 1 is 1.21 bits per heavy atom. The number of amides is 2. The summed E-state index contributed by atoms with van der Waals surface area (Å²) in [6, 6.07) is 14.0. The van der Waals surface area contributed by atoms with E-state index in [9.17, 15) is 4.79 Å². The predicted octanol–water partition coefficient (Wildman–Crippen LogP) is 2.40. The molecule has 3 N–H and O–H groups in total. The van der Waals surface area contributed by atoms with Gasteiger partial charge in [-0.3, -0.25) is 0 Å². The van der Waals surface area contributed by atoms with Crippen LogP contribution in [-0.4, -0.2) is 30.1 Å². The van der Waals surface area contributed by atoms with Gasteiger partial charge in [-0.2, -0.15) is 0 Å². The number of carbonyl (C=O) groups is 1. The second-order valence-electron chi connectivity index (χ2n) is 4.95. The van der Waals surface area contributed by atoms with E-state index in [-0.39, 0.29) is 12.1 Å². The lowest BCUT2D eigenvalue weighted by molar-refractivity contribution is 0.222. The molecule has 0 aromatic heterocycles. The first-order valence-corrected chi connectivity index (χ1v) is 6.53. The van der Waals surface area contributed by atoms with Crippen molar-refractivity contribution in [3.05, 3.63) is 42.5 Å². The summed E-state index contributed by atoms with van der Waals surface area (Å²) in [5.74, 6) is 0. The number of likely N-dealkylation sites (tertiary alicyclic amines) is 1. The molecule has 0 spiro atoms. The maximum atomic E-state index is 12.2. The van der Waals surface area contributed by atoms with Crippen LogP contribution in [0.3, 0.4) is 0 Å². The third-order valence-corrected chi connectivity index (χ3v) is 3.54. The Bertz CT molecular complexity index is 606. The van der Waals surface area contributed by atoms with Gasteiger partial charge in [0.25, 0.3) is 0 Å². The molecule has 1 saturated heterocycles. The molecule has 4 heteroatoms. The molecule has 3 rings (SSSR count). The van der Waals surface area contributed by atoms with Crippen molar-refractivity contribution < 1.29 is 4.79 Å². The third-order valence-electron chi connectivity index (χ3n) is 3.54. The molecule has 1 unspecified atom stereocenters. The number of urea groups is 1. The van der Waals surface area contributed by atoms with Gasteiger partial charge >= 0.3 is 6.03 Å². The average Bonchev–Trinajstić information content (AvgIpc) is 2.86. The zero-order valence-corrected chi connectivity index (χ0v) is 10.7. The van der Waals surface area contributed by atoms with Crippen molar-refractivity contribution in [3.63, 3.8) is 0 Å². The van der Waals surface area contributed by atoms with E-state index in [0.29, 0.717) is 6.54 Å². The number of nitrogens with two attached hydrogens (primary N) is 1. The van der Waals surface area contributed by atoms with E-state index < -0.39 is 0 Å². The smallest absolute Gasteiger partial charge is 0.321 e. The van der Waals surface area contributed by atoms with Crippen LogP contribution in [0.2, 0.25) is 0 Å². The molecular formula is C15H17N3O. The Hall–Kier alpha value is -2.07. The normalized spacial score (nSPS) is 18.8. The molecule has 0 aliphatic carbocycles. The molecule has 1 fully saturated rings. The second-order valence-corrected chi connectivity index (χ2v) is 4.95. The summed E-state index contributed by atoms with van der Waals surface area (Å²) in [6.07, 6.45) is 0.878. The molecule has 2 amide bonds.